The van der Waals surface area contributed by atoms with Crippen molar-refractivity contribution in [2.75, 3.05) is 0 Å². The molecule has 0 saturated heterocycles. The largest absolute Gasteiger partial charge is 0.360 e. The minimum atomic E-state index is 0.180. The summed E-state index contributed by atoms with van der Waals surface area (Å²) in [5, 5.41) is 0.654. The van der Waals surface area contributed by atoms with Gasteiger partial charge >= 0.3 is 0 Å². The van der Waals surface area contributed by atoms with E-state index in [0.717, 1.165) is 16.8 Å². The number of nitrogens with one attached hydrogen (secondary N) is 1. The van der Waals surface area contributed by atoms with Gasteiger partial charge in [-0.1, -0.05) is 43.7 Å². The van der Waals surface area contributed by atoms with Crippen LogP contribution in [0.1, 0.15) is 39.0 Å². The predicted molar refractivity (Wildman–Crippen MR) is 92.6 cm³/mol. The van der Waals surface area contributed by atoms with Gasteiger partial charge in [0.15, 0.2) is 0 Å². The molecule has 0 aromatic carbocycles. The summed E-state index contributed by atoms with van der Waals surface area (Å²) in [7, 11) is 0. The first kappa shape index (κ1) is 17.5. The zero-order valence-electron chi connectivity index (χ0n) is 12.6. The fraction of sp³-hybridized carbons (Fsp3) is 0.250. The Labute approximate surface area is 135 Å². The summed E-state index contributed by atoms with van der Waals surface area (Å²) in [6, 6.07) is 0. The van der Waals surface area contributed by atoms with Crippen molar-refractivity contribution in [2.24, 2.45) is 0 Å². The molecular formula is C16H19Cl2N3. The Balaban J connectivity index is 0.00000106. The fourth-order valence-electron chi connectivity index (χ4n) is 1.83. The molecule has 0 fully saturated rings. The van der Waals surface area contributed by atoms with E-state index in [1.807, 2.05) is 58.2 Å². The van der Waals surface area contributed by atoms with Crippen LogP contribution < -0.4 is 0 Å². The second-order valence-corrected chi connectivity index (χ2v) is 4.61. The minimum Gasteiger partial charge on any atom is -0.360 e. The van der Waals surface area contributed by atoms with Crippen LogP contribution in [0.15, 0.2) is 24.5 Å². The predicted octanol–water partition coefficient (Wildman–Crippen LogP) is 5.87. The summed E-state index contributed by atoms with van der Waals surface area (Å²) in [5.74, 6) is 0. The molecule has 0 aliphatic rings. The highest BCUT2D eigenvalue weighted by molar-refractivity contribution is 6.33. The number of halogens is 2. The van der Waals surface area contributed by atoms with Crippen LogP contribution in [0.2, 0.25) is 10.3 Å². The number of aromatic nitrogens is 3. The Morgan fingerprint density at radius 2 is 1.76 bits per heavy atom. The summed E-state index contributed by atoms with van der Waals surface area (Å²) in [4.78, 5) is 11.3. The maximum Gasteiger partial charge on any atom is 0.222 e. The van der Waals surface area contributed by atoms with Gasteiger partial charge in [0.2, 0.25) is 5.28 Å². The van der Waals surface area contributed by atoms with Crippen molar-refractivity contribution in [3.8, 4) is 11.3 Å². The van der Waals surface area contributed by atoms with Crippen molar-refractivity contribution >= 4 is 35.4 Å². The van der Waals surface area contributed by atoms with Crippen LogP contribution >= 0.6 is 23.2 Å². The molecule has 0 saturated carbocycles. The lowest BCUT2D eigenvalue weighted by Crippen LogP contribution is -1.89. The number of nitrogens with zero attached hydrogens (tertiary/aromatic N) is 2. The van der Waals surface area contributed by atoms with Crippen LogP contribution in [0.25, 0.3) is 23.4 Å². The van der Waals surface area contributed by atoms with E-state index in [1.54, 1.807) is 0 Å². The minimum absolute atomic E-state index is 0.180. The van der Waals surface area contributed by atoms with E-state index in [1.165, 1.54) is 6.20 Å². The van der Waals surface area contributed by atoms with Gasteiger partial charge in [-0.3, -0.25) is 0 Å². The number of aromatic amines is 1. The van der Waals surface area contributed by atoms with Gasteiger partial charge in [-0.15, -0.1) is 0 Å². The molecule has 2 heterocycles. The van der Waals surface area contributed by atoms with Crippen molar-refractivity contribution < 1.29 is 0 Å². The maximum absolute atomic E-state index is 6.15. The van der Waals surface area contributed by atoms with E-state index in [0.29, 0.717) is 10.7 Å². The number of allylic oxidation sites excluding steroid dienone is 2. The molecule has 0 aliphatic carbocycles. The molecule has 112 valence electrons. The zero-order chi connectivity index (χ0) is 15.8. The van der Waals surface area contributed by atoms with Crippen molar-refractivity contribution in [2.45, 2.75) is 27.7 Å². The molecule has 0 spiro atoms. The fourth-order valence-corrected chi connectivity index (χ4v) is 2.16. The Hall–Kier alpha value is -1.58. The molecular weight excluding hydrogens is 305 g/mol. The third kappa shape index (κ3) is 4.19. The summed E-state index contributed by atoms with van der Waals surface area (Å²) in [6.07, 6.45) is 11.3. The van der Waals surface area contributed by atoms with Crippen LogP contribution in [0.4, 0.5) is 0 Å². The van der Waals surface area contributed by atoms with Gasteiger partial charge in [0.1, 0.15) is 0 Å². The van der Waals surface area contributed by atoms with Crippen molar-refractivity contribution in [3.05, 3.63) is 46.1 Å². The summed E-state index contributed by atoms with van der Waals surface area (Å²) >= 11 is 12.0. The summed E-state index contributed by atoms with van der Waals surface area (Å²) < 4.78 is 0. The molecule has 2 aromatic heterocycles. The quantitative estimate of drug-likeness (QED) is 0.717. The van der Waals surface area contributed by atoms with Gasteiger partial charge in [0.05, 0.1) is 16.9 Å². The summed E-state index contributed by atoms with van der Waals surface area (Å²) in [6.45, 7) is 7.93. The molecule has 3 nitrogen and oxygen atoms in total. The molecule has 0 bridgehead atoms. The van der Waals surface area contributed by atoms with E-state index in [9.17, 15) is 0 Å². The molecule has 2 aromatic rings. The first-order chi connectivity index (χ1) is 10.2. The highest BCUT2D eigenvalue weighted by Crippen LogP contribution is 2.32. The number of rotatable bonds is 3. The highest BCUT2D eigenvalue weighted by atomic mass is 35.5. The van der Waals surface area contributed by atoms with E-state index < -0.39 is 0 Å². The van der Waals surface area contributed by atoms with Gasteiger partial charge in [-0.25, -0.2) is 9.97 Å². The first-order valence-corrected chi connectivity index (χ1v) is 7.58. The first-order valence-electron chi connectivity index (χ1n) is 6.82. The second kappa shape index (κ2) is 8.65. The van der Waals surface area contributed by atoms with E-state index >= 15 is 0 Å². The Morgan fingerprint density at radius 1 is 1.10 bits per heavy atom. The van der Waals surface area contributed by atoms with Crippen molar-refractivity contribution in [3.63, 3.8) is 0 Å². The normalized spacial score (nSPS) is 11.0. The van der Waals surface area contributed by atoms with E-state index in [2.05, 4.69) is 15.0 Å². The molecule has 1 N–H and O–H groups in total. The number of H-pyrrole nitrogens is 1. The van der Waals surface area contributed by atoms with Crippen LogP contribution in [0, 0.1) is 0 Å². The van der Waals surface area contributed by atoms with Gasteiger partial charge in [0.25, 0.3) is 0 Å². The SMILES string of the molecule is C/C=C\c1[nH]cc(-c2nc(Cl)ncc2Cl)c1/C=C\C.CC. The molecule has 0 radical (unpaired) electrons. The van der Waals surface area contributed by atoms with Crippen molar-refractivity contribution in [1.29, 1.82) is 0 Å². The Bertz CT molecular complexity index is 643. The second-order valence-electron chi connectivity index (χ2n) is 3.87. The topological polar surface area (TPSA) is 41.6 Å². The number of hydrogen-bond acceptors (Lipinski definition) is 2. The third-order valence-corrected chi connectivity index (χ3v) is 3.05. The monoisotopic (exact) mass is 323 g/mol. The lowest BCUT2D eigenvalue weighted by Gasteiger charge is -2.03. The third-order valence-electron chi connectivity index (χ3n) is 2.59. The lowest BCUT2D eigenvalue weighted by atomic mass is 10.1. The Kier molecular flexibility index (Phi) is 7.20. The van der Waals surface area contributed by atoms with Crippen LogP contribution in [-0.4, -0.2) is 15.0 Å². The lowest BCUT2D eigenvalue weighted by molar-refractivity contribution is 1.17. The Morgan fingerprint density at radius 3 is 2.38 bits per heavy atom. The molecule has 0 amide bonds. The highest BCUT2D eigenvalue weighted by Gasteiger charge is 2.14. The van der Waals surface area contributed by atoms with Gasteiger partial charge in [0, 0.05) is 23.0 Å². The molecule has 0 aliphatic heterocycles. The zero-order valence-corrected chi connectivity index (χ0v) is 14.1. The maximum atomic E-state index is 6.15. The smallest absolute Gasteiger partial charge is 0.222 e. The van der Waals surface area contributed by atoms with Crippen molar-refractivity contribution in [1.82, 2.24) is 15.0 Å². The molecule has 0 unspecified atom stereocenters. The van der Waals surface area contributed by atoms with Crippen LogP contribution in [0.5, 0.6) is 0 Å². The average Bonchev–Trinajstić information content (AvgIpc) is 2.88. The standard InChI is InChI=1S/C14H13Cl2N3.C2H6/c1-3-5-9-10(7-17-12(9)6-4-2)13-11(15)8-18-14(16)19-13;1-2/h3-8,17H,1-2H3;1-2H3/b5-3-,6-4-;. The molecule has 5 heteroatoms. The van der Waals surface area contributed by atoms with Gasteiger partial charge in [-0.2, -0.15) is 0 Å². The van der Waals surface area contributed by atoms with Crippen LogP contribution in [-0.2, 0) is 0 Å². The van der Waals surface area contributed by atoms with E-state index in [4.69, 9.17) is 23.2 Å². The van der Waals surface area contributed by atoms with Gasteiger partial charge < -0.3 is 4.98 Å². The van der Waals surface area contributed by atoms with Crippen LogP contribution in [0.3, 0.4) is 0 Å². The van der Waals surface area contributed by atoms with Gasteiger partial charge in [-0.05, 0) is 31.5 Å². The molecule has 2 rings (SSSR count). The molecule has 0 atom stereocenters. The molecule has 21 heavy (non-hydrogen) atoms. The number of hydrogen-bond donors (Lipinski definition) is 1. The van der Waals surface area contributed by atoms with E-state index in [-0.39, 0.29) is 5.28 Å². The average molecular weight is 324 g/mol. The summed E-state index contributed by atoms with van der Waals surface area (Å²) in [5.41, 5.74) is 3.56.